The van der Waals surface area contributed by atoms with Crippen LogP contribution in [-0.4, -0.2) is 18.6 Å². The highest BCUT2D eigenvalue weighted by molar-refractivity contribution is 7.87. The Morgan fingerprint density at radius 2 is 1.67 bits per heavy atom. The maximum atomic E-state index is 10.6. The number of rotatable bonds is 7. The van der Waals surface area contributed by atoms with Crippen LogP contribution in [0.5, 0.6) is 0 Å². The van der Waals surface area contributed by atoms with Crippen LogP contribution >= 0.6 is 7.59 Å². The van der Waals surface area contributed by atoms with Gasteiger partial charge in [0, 0.05) is 6.16 Å². The van der Waals surface area contributed by atoms with Gasteiger partial charge in [0.2, 0.25) is 0 Å². The highest BCUT2D eigenvalue weighted by atomic mass is 31.2. The predicted octanol–water partition coefficient (Wildman–Crippen LogP) is 1.63. The van der Waals surface area contributed by atoms with E-state index in [4.69, 9.17) is 12.5 Å². The molecule has 0 spiro atoms. The Bertz CT molecular complexity index is 104. The largest absolute Gasteiger partial charge is 0.698 e. The molecule has 0 aliphatic rings. The molecular formula is C8H18BO2P-. The molecule has 0 heterocycles. The van der Waals surface area contributed by atoms with Crippen LogP contribution in [0, 0.1) is 0 Å². The van der Waals surface area contributed by atoms with Crippen LogP contribution in [0.1, 0.15) is 45.4 Å². The van der Waals surface area contributed by atoms with Gasteiger partial charge in [0.25, 0.3) is 0 Å². The van der Waals surface area contributed by atoms with E-state index >= 15 is 0 Å². The van der Waals surface area contributed by atoms with Crippen molar-refractivity contribution in [3.8, 4) is 0 Å². The Balaban J connectivity index is 3.01. The van der Waals surface area contributed by atoms with E-state index in [0.29, 0.717) is 0 Å². The molecule has 1 atom stereocenters. The van der Waals surface area contributed by atoms with Crippen LogP contribution < -0.4 is 4.89 Å². The maximum absolute atomic E-state index is 10.6. The molecule has 0 saturated carbocycles. The molecule has 0 rings (SSSR count). The first kappa shape index (κ1) is 12.4. The second-order valence-corrected chi connectivity index (χ2v) is 5.21. The van der Waals surface area contributed by atoms with Gasteiger partial charge in [0.1, 0.15) is 0 Å². The molecule has 0 aromatic rings. The SMILES string of the molecule is [B-][P+]([O-])(O)CCCCCCCC. The number of unbranched alkanes of at least 4 members (excludes halogenated alkanes) is 5. The first-order valence-corrected chi connectivity index (χ1v) is 6.58. The van der Waals surface area contributed by atoms with Gasteiger partial charge in [-0.2, -0.15) is 7.59 Å². The summed E-state index contributed by atoms with van der Waals surface area (Å²) in [7, 11) is 1.77. The summed E-state index contributed by atoms with van der Waals surface area (Å²) in [5.41, 5.74) is 0. The van der Waals surface area contributed by atoms with Crippen LogP contribution in [0.2, 0.25) is 0 Å². The Labute approximate surface area is 77.2 Å². The molecule has 0 bridgehead atoms. The van der Waals surface area contributed by atoms with Crippen molar-refractivity contribution in [1.82, 2.24) is 0 Å². The first-order valence-electron chi connectivity index (χ1n) is 4.66. The van der Waals surface area contributed by atoms with Crippen LogP contribution in [-0.2, 0) is 0 Å². The van der Waals surface area contributed by atoms with Gasteiger partial charge in [0.05, 0.1) is 0 Å². The van der Waals surface area contributed by atoms with Gasteiger partial charge in [-0.15, -0.1) is 0 Å². The van der Waals surface area contributed by atoms with Crippen LogP contribution in [0.15, 0.2) is 0 Å². The third-order valence-corrected chi connectivity index (χ3v) is 2.79. The van der Waals surface area contributed by atoms with E-state index in [1.807, 2.05) is 0 Å². The van der Waals surface area contributed by atoms with Crippen LogP contribution in [0.25, 0.3) is 0 Å². The Morgan fingerprint density at radius 3 is 2.17 bits per heavy atom. The number of hydrogen-bond acceptors (Lipinski definition) is 2. The zero-order chi connectivity index (χ0) is 9.45. The molecule has 0 saturated heterocycles. The lowest BCUT2D eigenvalue weighted by Crippen LogP contribution is -2.11. The van der Waals surface area contributed by atoms with Crippen molar-refractivity contribution in [2.75, 3.05) is 6.16 Å². The first-order chi connectivity index (χ1) is 5.56. The highest BCUT2D eigenvalue weighted by Crippen LogP contribution is 2.39. The summed E-state index contributed by atoms with van der Waals surface area (Å²) in [5, 5.41) is 0. The summed E-state index contributed by atoms with van der Waals surface area (Å²) in [6.45, 7) is 2.17. The third-order valence-electron chi connectivity index (χ3n) is 1.83. The average molecular weight is 188 g/mol. The third kappa shape index (κ3) is 10.4. The highest BCUT2D eigenvalue weighted by Gasteiger charge is 1.98. The summed E-state index contributed by atoms with van der Waals surface area (Å²) < 4.78 is 0. The van der Waals surface area contributed by atoms with Gasteiger partial charge in [-0.3, -0.25) is 7.57 Å². The number of hydrogen-bond donors (Lipinski definition) is 1. The topological polar surface area (TPSA) is 43.3 Å². The van der Waals surface area contributed by atoms with Gasteiger partial charge >= 0.3 is 0 Å². The molecule has 0 amide bonds. The normalized spacial score (nSPS) is 16.0. The zero-order valence-electron chi connectivity index (χ0n) is 7.83. The summed E-state index contributed by atoms with van der Waals surface area (Å²) in [5.74, 6) is 0. The monoisotopic (exact) mass is 188 g/mol. The van der Waals surface area contributed by atoms with Gasteiger partial charge in [0.15, 0.2) is 0 Å². The summed E-state index contributed by atoms with van der Waals surface area (Å²) in [6.07, 6.45) is 6.98. The molecule has 2 nitrogen and oxygen atoms in total. The summed E-state index contributed by atoms with van der Waals surface area (Å²) >= 11 is 0. The Morgan fingerprint density at radius 1 is 1.17 bits per heavy atom. The van der Waals surface area contributed by atoms with E-state index in [1.54, 1.807) is 0 Å². The molecule has 71 valence electrons. The van der Waals surface area contributed by atoms with Crippen molar-refractivity contribution in [3.05, 3.63) is 0 Å². The fourth-order valence-corrected chi connectivity index (χ4v) is 1.80. The fourth-order valence-electron chi connectivity index (χ4n) is 1.12. The quantitative estimate of drug-likeness (QED) is 0.374. The lowest BCUT2D eigenvalue weighted by Gasteiger charge is -2.33. The second kappa shape index (κ2) is 6.88. The molecular weight excluding hydrogens is 170 g/mol. The fraction of sp³-hybridized carbons (Fsp3) is 1.00. The van der Waals surface area contributed by atoms with E-state index < -0.39 is 7.59 Å². The smallest absolute Gasteiger partial charge is 0.0309 e. The molecule has 0 aliphatic heterocycles. The van der Waals surface area contributed by atoms with Crippen molar-refractivity contribution in [2.45, 2.75) is 45.4 Å². The Hall–Kier alpha value is 0.415. The van der Waals surface area contributed by atoms with E-state index in [0.717, 1.165) is 19.3 Å². The van der Waals surface area contributed by atoms with Crippen molar-refractivity contribution < 1.29 is 9.79 Å². The minimum absolute atomic E-state index is 0.277. The van der Waals surface area contributed by atoms with Crippen molar-refractivity contribution in [1.29, 1.82) is 0 Å². The van der Waals surface area contributed by atoms with Crippen LogP contribution in [0.4, 0.5) is 0 Å². The lowest BCUT2D eigenvalue weighted by molar-refractivity contribution is -0.180. The summed E-state index contributed by atoms with van der Waals surface area (Å²) in [4.78, 5) is 19.4. The molecule has 0 aliphatic carbocycles. The summed E-state index contributed by atoms with van der Waals surface area (Å²) in [6, 6.07) is 0. The van der Waals surface area contributed by atoms with Crippen molar-refractivity contribution >= 4 is 15.2 Å². The zero-order valence-corrected chi connectivity index (χ0v) is 8.72. The van der Waals surface area contributed by atoms with Crippen LogP contribution in [0.3, 0.4) is 0 Å². The van der Waals surface area contributed by atoms with E-state index in [9.17, 15) is 4.89 Å². The van der Waals surface area contributed by atoms with E-state index in [1.165, 1.54) is 19.3 Å². The molecule has 1 unspecified atom stereocenters. The molecule has 4 heteroatoms. The lowest BCUT2D eigenvalue weighted by atomic mass is 10.1. The van der Waals surface area contributed by atoms with E-state index in [-0.39, 0.29) is 6.16 Å². The van der Waals surface area contributed by atoms with Gasteiger partial charge < -0.3 is 9.79 Å². The molecule has 1 N–H and O–H groups in total. The molecule has 0 aromatic heterocycles. The molecule has 0 fully saturated rings. The average Bonchev–Trinajstić information content (AvgIpc) is 1.94. The standard InChI is InChI=1S/C8H18BO2P/c1-2-3-4-5-6-7-8-12(9,10)11/h2-8H2,1H3,(H,10,11)/q-1. The van der Waals surface area contributed by atoms with Gasteiger partial charge in [-0.1, -0.05) is 32.6 Å². The molecule has 12 heavy (non-hydrogen) atoms. The Kier molecular flexibility index (Phi) is 7.12. The van der Waals surface area contributed by atoms with Crippen molar-refractivity contribution in [3.63, 3.8) is 0 Å². The minimum Gasteiger partial charge on any atom is -0.698 e. The van der Waals surface area contributed by atoms with Gasteiger partial charge in [-0.05, 0) is 12.8 Å². The van der Waals surface area contributed by atoms with Gasteiger partial charge in [-0.25, -0.2) is 0 Å². The van der Waals surface area contributed by atoms with E-state index in [2.05, 4.69) is 6.92 Å². The molecule has 0 aromatic carbocycles. The second-order valence-electron chi connectivity index (χ2n) is 3.25. The van der Waals surface area contributed by atoms with Crippen molar-refractivity contribution in [2.24, 2.45) is 0 Å². The molecule has 3 radical (unpaired) electrons. The maximum Gasteiger partial charge on any atom is 0.0309 e. The minimum atomic E-state index is -3.22. The predicted molar refractivity (Wildman–Crippen MR) is 53.1 cm³/mol.